The van der Waals surface area contributed by atoms with Crippen molar-refractivity contribution < 1.29 is 13.2 Å². The topological polar surface area (TPSA) is 187 Å². The fraction of sp³-hybridized carbons (Fsp3) is 0. The fourth-order valence-electron chi connectivity index (χ4n) is 1.17. The maximum absolute atomic E-state index is 11.6. The van der Waals surface area contributed by atoms with Crippen molar-refractivity contribution in [1.82, 2.24) is 4.72 Å². The van der Waals surface area contributed by atoms with Gasteiger partial charge in [0.25, 0.3) is 10.0 Å². The smallest absolute Gasteiger partial charge is 0.326 e. The molecule has 0 aromatic heterocycles. The minimum Gasteiger partial charge on any atom is -0.382 e. The molecular weight excluding hydrogens is 298 g/mol. The zero-order chi connectivity index (χ0) is 16.0. The number of benzene rings is 1. The molecule has 0 unspecified atom stereocenters. The molecule has 1 rings (SSSR count). The summed E-state index contributed by atoms with van der Waals surface area (Å²) in [7, 11) is -4.02. The second-order valence-corrected chi connectivity index (χ2v) is 5.27. The SMILES string of the molecule is N#C/C(=N\Nc1ccc(S(=O)(=O)NC(N)=O)cc1)C(=N)N. The van der Waals surface area contributed by atoms with Crippen LogP contribution >= 0.6 is 0 Å². The Balaban J connectivity index is 2.92. The molecule has 0 fully saturated rings. The first-order valence-electron chi connectivity index (χ1n) is 5.27. The number of amides is 2. The molecule has 0 aliphatic heterocycles. The van der Waals surface area contributed by atoms with E-state index in [1.54, 1.807) is 10.8 Å². The maximum Gasteiger partial charge on any atom is 0.326 e. The third kappa shape index (κ3) is 4.48. The number of carbonyl (C=O) groups excluding carboxylic acids is 1. The van der Waals surface area contributed by atoms with Gasteiger partial charge in [-0.15, -0.1) is 0 Å². The molecule has 0 aliphatic rings. The Morgan fingerprint density at radius 2 is 1.86 bits per heavy atom. The quantitative estimate of drug-likeness (QED) is 0.271. The number of hydrogen-bond donors (Lipinski definition) is 5. The lowest BCUT2D eigenvalue weighted by molar-refractivity contribution is 0.253. The number of primary amides is 1. The lowest BCUT2D eigenvalue weighted by atomic mass is 10.3. The molecule has 11 heteroatoms. The molecule has 0 saturated carbocycles. The van der Waals surface area contributed by atoms with Crippen molar-refractivity contribution in [3.63, 3.8) is 0 Å². The van der Waals surface area contributed by atoms with Gasteiger partial charge in [0.2, 0.25) is 5.71 Å². The van der Waals surface area contributed by atoms with Crippen LogP contribution in [0.2, 0.25) is 0 Å². The highest BCUT2D eigenvalue weighted by molar-refractivity contribution is 7.90. The molecule has 0 heterocycles. The van der Waals surface area contributed by atoms with Crippen molar-refractivity contribution in [3.05, 3.63) is 24.3 Å². The van der Waals surface area contributed by atoms with Crippen LogP contribution < -0.4 is 21.6 Å². The van der Waals surface area contributed by atoms with Crippen LogP contribution in [0.3, 0.4) is 0 Å². The third-order valence-corrected chi connectivity index (χ3v) is 3.42. The molecule has 0 aliphatic carbocycles. The van der Waals surface area contributed by atoms with Crippen LogP contribution in [0.4, 0.5) is 10.5 Å². The normalized spacial score (nSPS) is 11.3. The molecule has 110 valence electrons. The Morgan fingerprint density at radius 1 is 1.29 bits per heavy atom. The number of rotatable bonds is 5. The zero-order valence-electron chi connectivity index (χ0n) is 10.5. The highest BCUT2D eigenvalue weighted by atomic mass is 32.2. The number of carbonyl (C=O) groups is 1. The Morgan fingerprint density at radius 3 is 2.29 bits per heavy atom. The first kappa shape index (κ1) is 15.9. The number of nitrogens with one attached hydrogen (secondary N) is 3. The summed E-state index contributed by atoms with van der Waals surface area (Å²) in [6, 6.07) is 5.49. The Labute approximate surface area is 120 Å². The van der Waals surface area contributed by atoms with Crippen molar-refractivity contribution in [2.24, 2.45) is 16.6 Å². The minimum atomic E-state index is -4.02. The summed E-state index contributed by atoms with van der Waals surface area (Å²) in [5.74, 6) is -0.505. The van der Waals surface area contributed by atoms with Crippen molar-refractivity contribution >= 4 is 33.3 Å². The van der Waals surface area contributed by atoms with Gasteiger partial charge in [0, 0.05) is 0 Å². The van der Waals surface area contributed by atoms with Crippen LogP contribution in [-0.4, -0.2) is 26.0 Å². The number of hydrogen-bond acceptors (Lipinski definition) is 7. The molecule has 0 spiro atoms. The molecule has 0 atom stereocenters. The second-order valence-electron chi connectivity index (χ2n) is 3.59. The van der Waals surface area contributed by atoms with Crippen LogP contribution in [0, 0.1) is 16.7 Å². The van der Waals surface area contributed by atoms with Gasteiger partial charge in [-0.25, -0.2) is 17.9 Å². The highest BCUT2D eigenvalue weighted by Crippen LogP contribution is 2.13. The van der Waals surface area contributed by atoms with Crippen LogP contribution in [-0.2, 0) is 10.0 Å². The molecule has 0 bridgehead atoms. The number of amidine groups is 1. The molecule has 7 N–H and O–H groups in total. The standard InChI is InChI=1S/C10H11N7O3S/c11-5-8(9(12)13)16-15-6-1-3-7(4-2-6)21(19,20)17-10(14)18/h1-4,15H,(H3,12,13)(H3,14,17,18)/b16-8+. The van der Waals surface area contributed by atoms with Gasteiger partial charge in [0.15, 0.2) is 5.84 Å². The second kappa shape index (κ2) is 6.35. The van der Waals surface area contributed by atoms with Gasteiger partial charge in [-0.1, -0.05) is 0 Å². The van der Waals surface area contributed by atoms with Crippen LogP contribution in [0.25, 0.3) is 0 Å². The molecule has 2 amide bonds. The van der Waals surface area contributed by atoms with Crippen LogP contribution in [0.15, 0.2) is 34.3 Å². The van der Waals surface area contributed by atoms with Gasteiger partial charge >= 0.3 is 6.03 Å². The first-order valence-corrected chi connectivity index (χ1v) is 6.75. The fourth-order valence-corrected chi connectivity index (χ4v) is 2.04. The van der Waals surface area contributed by atoms with E-state index >= 15 is 0 Å². The maximum atomic E-state index is 11.6. The average molecular weight is 309 g/mol. The Kier molecular flexibility index (Phi) is 4.81. The molecule has 21 heavy (non-hydrogen) atoms. The van der Waals surface area contributed by atoms with Crippen molar-refractivity contribution in [2.75, 3.05) is 5.43 Å². The number of nitriles is 1. The summed E-state index contributed by atoms with van der Waals surface area (Å²) in [4.78, 5) is 10.4. The van der Waals surface area contributed by atoms with E-state index in [1.807, 2.05) is 0 Å². The van der Waals surface area contributed by atoms with Crippen LogP contribution in [0.5, 0.6) is 0 Å². The summed E-state index contributed by atoms with van der Waals surface area (Å²) in [6.07, 6.45) is 0. The van der Waals surface area contributed by atoms with Crippen LogP contribution in [0.1, 0.15) is 0 Å². The van der Waals surface area contributed by atoms with E-state index in [-0.39, 0.29) is 10.6 Å². The number of nitrogens with zero attached hydrogens (tertiary/aromatic N) is 2. The largest absolute Gasteiger partial charge is 0.382 e. The molecule has 1 aromatic carbocycles. The lowest BCUT2D eigenvalue weighted by Crippen LogP contribution is -2.34. The average Bonchev–Trinajstić information content (AvgIpc) is 2.38. The molecular formula is C10H11N7O3S. The van der Waals surface area contributed by atoms with E-state index in [0.717, 1.165) is 0 Å². The van der Waals surface area contributed by atoms with Gasteiger partial charge < -0.3 is 11.5 Å². The van der Waals surface area contributed by atoms with E-state index in [2.05, 4.69) is 10.5 Å². The highest BCUT2D eigenvalue weighted by Gasteiger charge is 2.15. The summed E-state index contributed by atoms with van der Waals surface area (Å²) in [6.45, 7) is 0. The van der Waals surface area contributed by atoms with Crippen molar-refractivity contribution in [2.45, 2.75) is 4.90 Å². The van der Waals surface area contributed by atoms with Gasteiger partial charge in [-0.2, -0.15) is 10.4 Å². The van der Waals surface area contributed by atoms with Gasteiger partial charge in [-0.3, -0.25) is 10.8 Å². The summed E-state index contributed by atoms with van der Waals surface area (Å²) in [5.41, 5.74) is 12.3. The molecule has 0 radical (unpaired) electrons. The number of nitrogens with two attached hydrogens (primary N) is 2. The van der Waals surface area contributed by atoms with E-state index in [9.17, 15) is 13.2 Å². The van der Waals surface area contributed by atoms with Gasteiger partial charge in [-0.05, 0) is 24.3 Å². The van der Waals surface area contributed by atoms with E-state index < -0.39 is 21.9 Å². The zero-order valence-corrected chi connectivity index (χ0v) is 11.3. The van der Waals surface area contributed by atoms with Crippen molar-refractivity contribution in [1.29, 1.82) is 10.7 Å². The summed E-state index contributed by atoms with van der Waals surface area (Å²) in [5, 5.41) is 19.3. The van der Waals surface area contributed by atoms with Gasteiger partial charge in [0.05, 0.1) is 10.6 Å². The monoisotopic (exact) mass is 309 g/mol. The predicted molar refractivity (Wildman–Crippen MR) is 74.9 cm³/mol. The first-order chi connectivity index (χ1) is 9.76. The van der Waals surface area contributed by atoms with E-state index in [0.29, 0.717) is 5.69 Å². The van der Waals surface area contributed by atoms with Gasteiger partial charge in [0.1, 0.15) is 6.07 Å². The van der Waals surface area contributed by atoms with E-state index in [1.165, 1.54) is 24.3 Å². The molecule has 10 nitrogen and oxygen atoms in total. The lowest BCUT2D eigenvalue weighted by Gasteiger charge is -2.05. The van der Waals surface area contributed by atoms with E-state index in [4.69, 9.17) is 22.1 Å². The number of anilines is 1. The third-order valence-electron chi connectivity index (χ3n) is 2.06. The van der Waals surface area contributed by atoms with Crippen molar-refractivity contribution in [3.8, 4) is 6.07 Å². The number of sulfonamides is 1. The molecule has 1 aromatic rings. The molecule has 0 saturated heterocycles. The number of hydrazone groups is 1. The number of urea groups is 1. The Bertz CT molecular complexity index is 731. The Hall–Kier alpha value is -3.13. The summed E-state index contributed by atoms with van der Waals surface area (Å²) >= 11 is 0. The predicted octanol–water partition coefficient (Wildman–Crippen LogP) is -0.729. The summed E-state index contributed by atoms with van der Waals surface area (Å²) < 4.78 is 24.8. The minimum absolute atomic E-state index is 0.178.